The minimum absolute atomic E-state index is 0.0866. The van der Waals surface area contributed by atoms with Crippen LogP contribution in [0, 0.1) is 0 Å². The summed E-state index contributed by atoms with van der Waals surface area (Å²) in [5.41, 5.74) is 6.90. The van der Waals surface area contributed by atoms with E-state index in [1.807, 2.05) is 59.4 Å². The third kappa shape index (κ3) is 5.35. The summed E-state index contributed by atoms with van der Waals surface area (Å²) in [4.78, 5) is 27.2. The van der Waals surface area contributed by atoms with Crippen LogP contribution in [0.15, 0.2) is 128 Å². The summed E-state index contributed by atoms with van der Waals surface area (Å²) in [6.07, 6.45) is 3.92. The van der Waals surface area contributed by atoms with Gasteiger partial charge in [0, 0.05) is 24.2 Å². The number of aromatic carboxylic acids is 1. The van der Waals surface area contributed by atoms with Crippen LogP contribution in [0.3, 0.4) is 0 Å². The van der Waals surface area contributed by atoms with Crippen molar-refractivity contribution in [3.05, 3.63) is 167 Å². The Morgan fingerprint density at radius 2 is 1.30 bits per heavy atom. The van der Waals surface area contributed by atoms with Crippen molar-refractivity contribution in [1.82, 2.24) is 24.5 Å². The number of carbonyl (C=O) groups is 2. The summed E-state index contributed by atoms with van der Waals surface area (Å²) in [5, 5.41) is 20.2. The molecule has 1 amide bonds. The van der Waals surface area contributed by atoms with Gasteiger partial charge in [-0.1, -0.05) is 121 Å². The first-order valence-corrected chi connectivity index (χ1v) is 17.1. The molecule has 0 bridgehead atoms. The summed E-state index contributed by atoms with van der Waals surface area (Å²) < 4.78 is 9.66. The number of rotatable bonds is 8. The van der Waals surface area contributed by atoms with Crippen LogP contribution >= 0.6 is 0 Å². The van der Waals surface area contributed by atoms with E-state index in [-0.39, 0.29) is 24.4 Å². The second-order valence-corrected chi connectivity index (χ2v) is 12.9. The largest absolute Gasteiger partial charge is 0.476 e. The van der Waals surface area contributed by atoms with Gasteiger partial charge in [0.25, 0.3) is 0 Å². The molecule has 50 heavy (non-hydrogen) atoms. The van der Waals surface area contributed by atoms with Gasteiger partial charge in [-0.3, -0.25) is 4.68 Å². The van der Waals surface area contributed by atoms with Crippen LogP contribution in [0.25, 0.3) is 11.3 Å². The van der Waals surface area contributed by atoms with Crippen LogP contribution in [0.5, 0.6) is 0 Å². The first-order chi connectivity index (χ1) is 24.6. The molecule has 6 aromatic rings. The van der Waals surface area contributed by atoms with Gasteiger partial charge in [0.15, 0.2) is 5.69 Å². The third-order valence-electron chi connectivity index (χ3n) is 10.1. The predicted octanol–water partition coefficient (Wildman–Crippen LogP) is 7.36. The Hall–Kier alpha value is -5.96. The van der Waals surface area contributed by atoms with E-state index in [1.54, 1.807) is 4.90 Å². The van der Waals surface area contributed by atoms with Crippen molar-refractivity contribution in [1.29, 1.82) is 0 Å². The molecular weight excluding hydrogens is 626 g/mol. The lowest BCUT2D eigenvalue weighted by Gasteiger charge is -2.38. The number of fused-ring (bicyclic) bond motifs is 3. The molecule has 0 radical (unpaired) electrons. The molecule has 1 fully saturated rings. The fourth-order valence-corrected chi connectivity index (χ4v) is 7.78. The molecule has 0 unspecified atom stereocenters. The molecule has 250 valence electrons. The average molecular weight is 664 g/mol. The van der Waals surface area contributed by atoms with Crippen molar-refractivity contribution in [2.75, 3.05) is 13.1 Å². The Morgan fingerprint density at radius 3 is 1.84 bits per heavy atom. The van der Waals surface area contributed by atoms with Crippen molar-refractivity contribution in [2.45, 2.75) is 43.9 Å². The van der Waals surface area contributed by atoms with E-state index in [0.717, 1.165) is 44.8 Å². The van der Waals surface area contributed by atoms with Gasteiger partial charge < -0.3 is 14.7 Å². The number of hydrogen-bond donors (Lipinski definition) is 1. The molecular formula is C41H37N5O4. The lowest BCUT2D eigenvalue weighted by molar-refractivity contribution is 0.0687. The fourth-order valence-electron chi connectivity index (χ4n) is 7.78. The maximum Gasteiger partial charge on any atom is 0.410 e. The van der Waals surface area contributed by atoms with Crippen LogP contribution in [-0.4, -0.2) is 54.7 Å². The average Bonchev–Trinajstić information content (AvgIpc) is 3.79. The highest BCUT2D eigenvalue weighted by atomic mass is 16.6. The van der Waals surface area contributed by atoms with E-state index in [0.29, 0.717) is 38.8 Å². The van der Waals surface area contributed by atoms with E-state index in [2.05, 4.69) is 77.5 Å². The summed E-state index contributed by atoms with van der Waals surface area (Å²) in [5.74, 6) is -1.04. The minimum atomic E-state index is -1.04. The second-order valence-electron chi connectivity index (χ2n) is 12.9. The molecule has 1 N–H and O–H groups in total. The maximum absolute atomic E-state index is 12.9. The molecule has 4 aromatic carbocycles. The van der Waals surface area contributed by atoms with Crippen LogP contribution in [-0.2, 0) is 29.7 Å². The standard InChI is InChI=1S/C41H37N5O4/c47-39(48)37-34-21-22-36-35(38(34)45(43-37)33-23-25-44(26-24-33)40(49)50-28-29-13-5-1-6-14-29)27-42-46(36)41(30-15-7-2-8-16-30,31-17-9-3-10-18-31)32-19-11-4-12-20-32/h1-20,27,33H,21-26,28H2,(H,47,48). The molecule has 0 atom stereocenters. The number of amides is 1. The Morgan fingerprint density at radius 1 is 0.760 bits per heavy atom. The summed E-state index contributed by atoms with van der Waals surface area (Å²) in [7, 11) is 0. The van der Waals surface area contributed by atoms with Gasteiger partial charge in [-0.05, 0) is 47.9 Å². The number of nitrogens with zero attached hydrogens (tertiary/aromatic N) is 5. The number of carbonyl (C=O) groups excluding carboxylic acids is 1. The van der Waals surface area contributed by atoms with E-state index in [4.69, 9.17) is 14.9 Å². The van der Waals surface area contributed by atoms with E-state index in [9.17, 15) is 14.7 Å². The number of carboxylic acid groups (broad SMARTS) is 1. The molecule has 1 saturated heterocycles. The second kappa shape index (κ2) is 13.2. The van der Waals surface area contributed by atoms with E-state index in [1.165, 1.54) is 0 Å². The van der Waals surface area contributed by atoms with Crippen molar-refractivity contribution in [2.24, 2.45) is 0 Å². The zero-order chi connectivity index (χ0) is 34.1. The van der Waals surface area contributed by atoms with Crippen LogP contribution in [0.1, 0.15) is 62.9 Å². The minimum Gasteiger partial charge on any atom is -0.476 e. The zero-order valence-electron chi connectivity index (χ0n) is 27.6. The highest BCUT2D eigenvalue weighted by molar-refractivity contribution is 5.90. The zero-order valence-corrected chi connectivity index (χ0v) is 27.6. The Kier molecular flexibility index (Phi) is 8.24. The van der Waals surface area contributed by atoms with Gasteiger partial charge in [0.2, 0.25) is 0 Å². The molecule has 2 aliphatic rings. The van der Waals surface area contributed by atoms with Gasteiger partial charge in [-0.25, -0.2) is 14.3 Å². The number of benzene rings is 4. The summed E-state index contributed by atoms with van der Waals surface area (Å²) >= 11 is 0. The van der Waals surface area contributed by atoms with Gasteiger partial charge >= 0.3 is 12.1 Å². The smallest absolute Gasteiger partial charge is 0.410 e. The SMILES string of the molecule is O=C(O)c1nn(C2CCN(C(=O)OCc3ccccc3)CC2)c2c1CCc1c-2cnn1C(c1ccccc1)(c1ccccc1)c1ccccc1. The summed E-state index contributed by atoms with van der Waals surface area (Å²) in [6.45, 7) is 1.19. The van der Waals surface area contributed by atoms with Crippen molar-refractivity contribution in [3.63, 3.8) is 0 Å². The van der Waals surface area contributed by atoms with Gasteiger partial charge in [0.1, 0.15) is 12.1 Å². The molecule has 2 aromatic heterocycles. The van der Waals surface area contributed by atoms with Crippen molar-refractivity contribution < 1.29 is 19.4 Å². The number of aromatic nitrogens is 4. The first-order valence-electron chi connectivity index (χ1n) is 17.1. The van der Waals surface area contributed by atoms with E-state index < -0.39 is 11.5 Å². The van der Waals surface area contributed by atoms with Crippen LogP contribution in [0.2, 0.25) is 0 Å². The lowest BCUT2D eigenvalue weighted by Crippen LogP contribution is -2.40. The molecule has 1 aliphatic carbocycles. The molecule has 0 saturated carbocycles. The first kappa shape index (κ1) is 31.3. The van der Waals surface area contributed by atoms with Crippen molar-refractivity contribution >= 4 is 12.1 Å². The lowest BCUT2D eigenvalue weighted by atomic mass is 9.76. The number of piperidine rings is 1. The van der Waals surface area contributed by atoms with Crippen molar-refractivity contribution in [3.8, 4) is 11.3 Å². The topological polar surface area (TPSA) is 102 Å². The fraction of sp³-hybridized carbons (Fsp3) is 0.220. The van der Waals surface area contributed by atoms with Gasteiger partial charge in [0.05, 0.1) is 23.6 Å². The normalized spacial score (nSPS) is 14.5. The third-order valence-corrected chi connectivity index (χ3v) is 10.1. The molecule has 9 heteroatoms. The number of likely N-dealkylation sites (tertiary alicyclic amines) is 1. The number of hydrogen-bond acceptors (Lipinski definition) is 5. The van der Waals surface area contributed by atoms with Crippen LogP contribution in [0.4, 0.5) is 4.79 Å². The highest BCUT2D eigenvalue weighted by Gasteiger charge is 2.43. The summed E-state index contributed by atoms with van der Waals surface area (Å²) in [6, 6.07) is 40.8. The Labute approximate surface area is 290 Å². The maximum atomic E-state index is 12.9. The molecule has 3 heterocycles. The van der Waals surface area contributed by atoms with Crippen LogP contribution < -0.4 is 0 Å². The Balaban J connectivity index is 1.19. The number of carboxylic acids is 1. The van der Waals surface area contributed by atoms with E-state index >= 15 is 0 Å². The molecule has 9 nitrogen and oxygen atoms in total. The number of ether oxygens (including phenoxy) is 1. The van der Waals surface area contributed by atoms with Gasteiger partial charge in [-0.2, -0.15) is 10.2 Å². The molecule has 8 rings (SSSR count). The quantitative estimate of drug-likeness (QED) is 0.171. The van der Waals surface area contributed by atoms with Gasteiger partial charge in [-0.15, -0.1) is 0 Å². The monoisotopic (exact) mass is 663 g/mol. The predicted molar refractivity (Wildman–Crippen MR) is 189 cm³/mol. The highest BCUT2D eigenvalue weighted by Crippen LogP contribution is 2.46. The molecule has 0 spiro atoms. The Bertz CT molecular complexity index is 2020. The molecule has 1 aliphatic heterocycles.